The number of rotatable bonds is 1. The molecule has 0 aromatic carbocycles. The molecule has 2 heterocycles. The molecule has 2 rings (SSSR count). The molecular formula is C10H9N3. The molecule has 3 nitrogen and oxygen atoms in total. The van der Waals surface area contributed by atoms with Crippen molar-refractivity contribution >= 4 is 22.7 Å². The van der Waals surface area contributed by atoms with Crippen LogP contribution in [0.25, 0.3) is 16.8 Å². The van der Waals surface area contributed by atoms with Crippen LogP contribution in [0.2, 0.25) is 0 Å². The van der Waals surface area contributed by atoms with Crippen molar-refractivity contribution in [3.05, 3.63) is 36.8 Å². The number of aromatic nitrogens is 2. The third kappa shape index (κ3) is 1.14. The van der Waals surface area contributed by atoms with E-state index in [1.54, 1.807) is 24.7 Å². The number of fused-ring (bicyclic) bond motifs is 1. The molecule has 0 saturated heterocycles. The SMILES string of the molecule is C=Cc1cnc(N)c2cnccc12. The minimum atomic E-state index is 0.508. The van der Waals surface area contributed by atoms with E-state index in [-0.39, 0.29) is 0 Å². The Labute approximate surface area is 75.9 Å². The van der Waals surface area contributed by atoms with Crippen molar-refractivity contribution < 1.29 is 0 Å². The van der Waals surface area contributed by atoms with E-state index < -0.39 is 0 Å². The van der Waals surface area contributed by atoms with Gasteiger partial charge in [0.2, 0.25) is 0 Å². The molecule has 13 heavy (non-hydrogen) atoms. The Hall–Kier alpha value is -1.90. The number of nitrogens with two attached hydrogens (primary N) is 1. The van der Waals surface area contributed by atoms with Crippen LogP contribution in [0.15, 0.2) is 31.2 Å². The highest BCUT2D eigenvalue weighted by molar-refractivity contribution is 5.95. The Bertz CT molecular complexity index is 463. The lowest BCUT2D eigenvalue weighted by molar-refractivity contribution is 1.32. The number of pyridine rings is 2. The average molecular weight is 171 g/mol. The standard InChI is InChI=1S/C10H9N3/c1-2-7-5-13-10(11)9-6-12-4-3-8(7)9/h2-6H,1H2,(H2,11,13). The lowest BCUT2D eigenvalue weighted by Gasteiger charge is -2.02. The maximum Gasteiger partial charge on any atom is 0.132 e. The highest BCUT2D eigenvalue weighted by Crippen LogP contribution is 2.21. The molecule has 0 saturated carbocycles. The van der Waals surface area contributed by atoms with Crippen LogP contribution in [0.4, 0.5) is 5.82 Å². The first-order valence-electron chi connectivity index (χ1n) is 3.93. The van der Waals surface area contributed by atoms with Crippen molar-refractivity contribution in [3.63, 3.8) is 0 Å². The number of nitrogens with zero attached hydrogens (tertiary/aromatic N) is 2. The topological polar surface area (TPSA) is 51.8 Å². The zero-order valence-corrected chi connectivity index (χ0v) is 7.07. The molecular weight excluding hydrogens is 162 g/mol. The quantitative estimate of drug-likeness (QED) is 0.712. The van der Waals surface area contributed by atoms with Gasteiger partial charge in [0.15, 0.2) is 0 Å². The van der Waals surface area contributed by atoms with Crippen LogP contribution in [0, 0.1) is 0 Å². The van der Waals surface area contributed by atoms with E-state index in [2.05, 4.69) is 16.5 Å². The summed E-state index contributed by atoms with van der Waals surface area (Å²) in [4.78, 5) is 8.04. The summed E-state index contributed by atoms with van der Waals surface area (Å²) in [6.07, 6.45) is 6.92. The van der Waals surface area contributed by atoms with Gasteiger partial charge in [-0.2, -0.15) is 0 Å². The summed E-state index contributed by atoms with van der Waals surface area (Å²) < 4.78 is 0. The fraction of sp³-hybridized carbons (Fsp3) is 0. The van der Waals surface area contributed by atoms with Crippen molar-refractivity contribution in [2.45, 2.75) is 0 Å². The maximum atomic E-state index is 5.69. The van der Waals surface area contributed by atoms with Gasteiger partial charge in [-0.15, -0.1) is 0 Å². The van der Waals surface area contributed by atoms with Gasteiger partial charge in [-0.05, 0) is 11.5 Å². The van der Waals surface area contributed by atoms with E-state index in [1.165, 1.54) is 0 Å². The van der Waals surface area contributed by atoms with E-state index in [9.17, 15) is 0 Å². The normalized spacial score (nSPS) is 10.2. The largest absolute Gasteiger partial charge is 0.383 e. The van der Waals surface area contributed by atoms with E-state index in [0.717, 1.165) is 16.3 Å². The van der Waals surface area contributed by atoms with Gasteiger partial charge in [0.1, 0.15) is 5.82 Å². The Morgan fingerprint density at radius 2 is 2.15 bits per heavy atom. The van der Waals surface area contributed by atoms with Crippen molar-refractivity contribution in [2.24, 2.45) is 0 Å². The van der Waals surface area contributed by atoms with Crippen LogP contribution < -0.4 is 5.73 Å². The predicted molar refractivity (Wildman–Crippen MR) is 54.0 cm³/mol. The fourth-order valence-corrected chi connectivity index (χ4v) is 1.29. The third-order valence-electron chi connectivity index (χ3n) is 1.97. The van der Waals surface area contributed by atoms with Gasteiger partial charge in [0.25, 0.3) is 0 Å². The van der Waals surface area contributed by atoms with E-state index in [0.29, 0.717) is 5.82 Å². The summed E-state index contributed by atoms with van der Waals surface area (Å²) in [5.74, 6) is 0.508. The summed E-state index contributed by atoms with van der Waals surface area (Å²) >= 11 is 0. The molecule has 0 unspecified atom stereocenters. The third-order valence-corrected chi connectivity index (χ3v) is 1.97. The van der Waals surface area contributed by atoms with E-state index in [4.69, 9.17) is 5.73 Å². The van der Waals surface area contributed by atoms with Crippen molar-refractivity contribution in [1.29, 1.82) is 0 Å². The first-order valence-corrected chi connectivity index (χ1v) is 3.93. The summed E-state index contributed by atoms with van der Waals surface area (Å²) in [5.41, 5.74) is 6.67. The summed E-state index contributed by atoms with van der Waals surface area (Å²) in [6, 6.07) is 1.91. The molecule has 0 spiro atoms. The molecule has 0 aliphatic carbocycles. The fourth-order valence-electron chi connectivity index (χ4n) is 1.29. The lowest BCUT2D eigenvalue weighted by atomic mass is 10.1. The highest BCUT2D eigenvalue weighted by Gasteiger charge is 2.01. The van der Waals surface area contributed by atoms with Gasteiger partial charge in [0, 0.05) is 29.5 Å². The van der Waals surface area contributed by atoms with Crippen LogP contribution in [0.5, 0.6) is 0 Å². The monoisotopic (exact) mass is 171 g/mol. The van der Waals surface area contributed by atoms with Crippen molar-refractivity contribution in [3.8, 4) is 0 Å². The molecule has 0 atom stereocenters. The van der Waals surface area contributed by atoms with Gasteiger partial charge >= 0.3 is 0 Å². The first-order chi connectivity index (χ1) is 6.33. The zero-order valence-electron chi connectivity index (χ0n) is 7.07. The van der Waals surface area contributed by atoms with Crippen molar-refractivity contribution in [1.82, 2.24) is 9.97 Å². The average Bonchev–Trinajstić information content (AvgIpc) is 2.19. The minimum absolute atomic E-state index is 0.508. The van der Waals surface area contributed by atoms with Gasteiger partial charge in [-0.25, -0.2) is 4.98 Å². The number of nitrogen functional groups attached to an aromatic ring is 1. The first kappa shape index (κ1) is 7.73. The zero-order chi connectivity index (χ0) is 9.26. The molecule has 3 heteroatoms. The number of hydrogen-bond donors (Lipinski definition) is 1. The smallest absolute Gasteiger partial charge is 0.132 e. The van der Waals surface area contributed by atoms with Gasteiger partial charge in [-0.3, -0.25) is 4.98 Å². The molecule has 0 aliphatic rings. The maximum absolute atomic E-state index is 5.69. The molecule has 0 aliphatic heterocycles. The molecule has 2 N–H and O–H groups in total. The van der Waals surface area contributed by atoms with E-state index >= 15 is 0 Å². The summed E-state index contributed by atoms with van der Waals surface area (Å²) in [5, 5.41) is 1.91. The molecule has 0 bridgehead atoms. The second-order valence-corrected chi connectivity index (χ2v) is 2.72. The Morgan fingerprint density at radius 1 is 1.31 bits per heavy atom. The molecule has 2 aromatic rings. The second kappa shape index (κ2) is 2.86. The predicted octanol–water partition coefficient (Wildman–Crippen LogP) is 1.85. The van der Waals surface area contributed by atoms with Gasteiger partial charge in [0.05, 0.1) is 0 Å². The van der Waals surface area contributed by atoms with Gasteiger partial charge < -0.3 is 5.73 Å². The number of hydrogen-bond acceptors (Lipinski definition) is 3. The van der Waals surface area contributed by atoms with Crippen LogP contribution in [0.3, 0.4) is 0 Å². The molecule has 2 aromatic heterocycles. The molecule has 0 radical (unpaired) electrons. The van der Waals surface area contributed by atoms with Crippen LogP contribution >= 0.6 is 0 Å². The highest BCUT2D eigenvalue weighted by atomic mass is 14.8. The molecule has 0 amide bonds. The molecule has 64 valence electrons. The second-order valence-electron chi connectivity index (χ2n) is 2.72. The summed E-state index contributed by atoms with van der Waals surface area (Å²) in [7, 11) is 0. The van der Waals surface area contributed by atoms with Crippen molar-refractivity contribution in [2.75, 3.05) is 5.73 Å². The Morgan fingerprint density at radius 3 is 2.92 bits per heavy atom. The van der Waals surface area contributed by atoms with E-state index in [1.807, 2.05) is 6.07 Å². The van der Waals surface area contributed by atoms with Crippen LogP contribution in [-0.4, -0.2) is 9.97 Å². The summed E-state index contributed by atoms with van der Waals surface area (Å²) in [6.45, 7) is 3.71. The van der Waals surface area contributed by atoms with Gasteiger partial charge in [-0.1, -0.05) is 12.7 Å². The lowest BCUT2D eigenvalue weighted by Crippen LogP contribution is -1.93. The molecule has 0 fully saturated rings. The van der Waals surface area contributed by atoms with Crippen LogP contribution in [0.1, 0.15) is 5.56 Å². The Balaban J connectivity index is 2.92. The Kier molecular flexibility index (Phi) is 1.70. The minimum Gasteiger partial charge on any atom is -0.383 e. The van der Waals surface area contributed by atoms with Crippen LogP contribution in [-0.2, 0) is 0 Å². The number of anilines is 1.